The van der Waals surface area contributed by atoms with Gasteiger partial charge in [-0.1, -0.05) is 26.8 Å². The van der Waals surface area contributed by atoms with Gasteiger partial charge in [-0.25, -0.2) is 0 Å². The smallest absolute Gasteiger partial charge is 0.119 e. The fraction of sp³-hybridized carbons (Fsp3) is 0.625. The predicted octanol–water partition coefficient (Wildman–Crippen LogP) is 2.97. The van der Waals surface area contributed by atoms with Gasteiger partial charge in [-0.3, -0.25) is 0 Å². The van der Waals surface area contributed by atoms with E-state index in [1.165, 1.54) is 17.5 Å². The number of fused-ring (bicyclic) bond motifs is 3. The molecule has 0 heterocycles. The molecule has 98 valence electrons. The lowest BCUT2D eigenvalue weighted by atomic mass is 9.52. The SMILES string of the molecule is CCNC1C2Cc3ccc(OC)cc3C2C1(C)C. The van der Waals surface area contributed by atoms with E-state index in [0.29, 0.717) is 17.4 Å². The highest BCUT2D eigenvalue weighted by Crippen LogP contribution is 2.62. The van der Waals surface area contributed by atoms with Crippen LogP contribution in [0.2, 0.25) is 0 Å². The molecular weight excluding hydrogens is 222 g/mol. The quantitative estimate of drug-likeness (QED) is 0.884. The molecule has 2 aliphatic carbocycles. The largest absolute Gasteiger partial charge is 0.497 e. The lowest BCUT2D eigenvalue weighted by molar-refractivity contribution is 0.00289. The highest BCUT2D eigenvalue weighted by atomic mass is 16.5. The van der Waals surface area contributed by atoms with Crippen molar-refractivity contribution in [3.63, 3.8) is 0 Å². The molecule has 3 atom stereocenters. The first kappa shape index (κ1) is 12.0. The molecule has 2 aliphatic rings. The Morgan fingerprint density at radius 1 is 1.39 bits per heavy atom. The lowest BCUT2D eigenvalue weighted by Crippen LogP contribution is -2.61. The van der Waals surface area contributed by atoms with Crippen LogP contribution in [0.3, 0.4) is 0 Å². The summed E-state index contributed by atoms with van der Waals surface area (Å²) in [5.41, 5.74) is 3.41. The summed E-state index contributed by atoms with van der Waals surface area (Å²) in [5, 5.41) is 3.68. The molecule has 1 aromatic carbocycles. The van der Waals surface area contributed by atoms with Gasteiger partial charge in [0.25, 0.3) is 0 Å². The minimum absolute atomic E-state index is 0.359. The Morgan fingerprint density at radius 2 is 2.17 bits per heavy atom. The molecule has 1 fully saturated rings. The van der Waals surface area contributed by atoms with E-state index in [1.807, 2.05) is 0 Å². The standard InChI is InChI=1S/C16H23NO/c1-5-17-15-13-8-10-6-7-11(18-4)9-12(10)14(13)16(15,2)3/h6-7,9,13-15,17H,5,8H2,1-4H3. The molecule has 1 saturated carbocycles. The van der Waals surface area contributed by atoms with Gasteiger partial charge in [0.2, 0.25) is 0 Å². The Kier molecular flexibility index (Phi) is 2.67. The zero-order chi connectivity index (χ0) is 12.9. The van der Waals surface area contributed by atoms with Crippen LogP contribution in [0.4, 0.5) is 0 Å². The molecule has 2 heteroatoms. The van der Waals surface area contributed by atoms with Crippen molar-refractivity contribution in [2.24, 2.45) is 11.3 Å². The number of rotatable bonds is 3. The number of ether oxygens (including phenoxy) is 1. The van der Waals surface area contributed by atoms with Gasteiger partial charge in [0.1, 0.15) is 5.75 Å². The van der Waals surface area contributed by atoms with Crippen molar-refractivity contribution < 1.29 is 4.74 Å². The second kappa shape index (κ2) is 3.99. The molecule has 0 amide bonds. The summed E-state index contributed by atoms with van der Waals surface area (Å²) in [6, 6.07) is 7.26. The summed E-state index contributed by atoms with van der Waals surface area (Å²) in [6.45, 7) is 8.07. The van der Waals surface area contributed by atoms with Gasteiger partial charge in [0, 0.05) is 6.04 Å². The minimum atomic E-state index is 0.359. The third-order valence-electron chi connectivity index (χ3n) is 5.03. The maximum absolute atomic E-state index is 5.37. The first-order valence-electron chi connectivity index (χ1n) is 6.99. The van der Waals surface area contributed by atoms with Crippen LogP contribution in [0.5, 0.6) is 5.75 Å². The second-order valence-electron chi connectivity index (χ2n) is 6.27. The highest BCUT2D eigenvalue weighted by molar-refractivity contribution is 5.47. The van der Waals surface area contributed by atoms with Gasteiger partial charge in [0.15, 0.2) is 0 Å². The van der Waals surface area contributed by atoms with Crippen LogP contribution in [0, 0.1) is 11.3 Å². The summed E-state index contributed by atoms with van der Waals surface area (Å²) in [4.78, 5) is 0. The average molecular weight is 245 g/mol. The van der Waals surface area contributed by atoms with Crippen LogP contribution in [-0.4, -0.2) is 19.7 Å². The van der Waals surface area contributed by atoms with Gasteiger partial charge in [-0.15, -0.1) is 0 Å². The van der Waals surface area contributed by atoms with Gasteiger partial charge in [0.05, 0.1) is 7.11 Å². The van der Waals surface area contributed by atoms with Crippen LogP contribution in [0.25, 0.3) is 0 Å². The minimum Gasteiger partial charge on any atom is -0.497 e. The fourth-order valence-electron chi connectivity index (χ4n) is 4.30. The average Bonchev–Trinajstić information content (AvgIpc) is 2.71. The first-order valence-corrected chi connectivity index (χ1v) is 6.99. The van der Waals surface area contributed by atoms with Gasteiger partial charge in [-0.05, 0) is 53.5 Å². The van der Waals surface area contributed by atoms with E-state index in [0.717, 1.165) is 18.2 Å². The van der Waals surface area contributed by atoms with Crippen LogP contribution >= 0.6 is 0 Å². The summed E-state index contributed by atoms with van der Waals surface area (Å²) in [5.74, 6) is 2.48. The van der Waals surface area contributed by atoms with E-state index >= 15 is 0 Å². The molecule has 0 spiro atoms. The Labute approximate surface area is 110 Å². The van der Waals surface area contributed by atoms with E-state index < -0.39 is 0 Å². The van der Waals surface area contributed by atoms with E-state index in [9.17, 15) is 0 Å². The molecule has 2 nitrogen and oxygen atoms in total. The molecule has 0 aromatic heterocycles. The lowest BCUT2D eigenvalue weighted by Gasteiger charge is -2.56. The third kappa shape index (κ3) is 1.45. The molecule has 0 aliphatic heterocycles. The molecule has 0 radical (unpaired) electrons. The summed E-state index contributed by atoms with van der Waals surface area (Å²) >= 11 is 0. The van der Waals surface area contributed by atoms with E-state index in [1.54, 1.807) is 7.11 Å². The Bertz CT molecular complexity index is 466. The number of methoxy groups -OCH3 is 1. The summed E-state index contributed by atoms with van der Waals surface area (Å²) < 4.78 is 5.37. The number of benzene rings is 1. The molecule has 3 unspecified atom stereocenters. The normalized spacial score (nSPS) is 31.4. The van der Waals surface area contributed by atoms with Crippen molar-refractivity contribution in [3.8, 4) is 5.75 Å². The van der Waals surface area contributed by atoms with E-state index in [2.05, 4.69) is 44.3 Å². The van der Waals surface area contributed by atoms with E-state index in [-0.39, 0.29) is 0 Å². The maximum atomic E-state index is 5.37. The number of hydrogen-bond acceptors (Lipinski definition) is 2. The first-order chi connectivity index (χ1) is 8.59. The number of nitrogens with one attached hydrogen (secondary N) is 1. The topological polar surface area (TPSA) is 21.3 Å². The Hall–Kier alpha value is -1.02. The molecular formula is C16H23NO. The van der Waals surface area contributed by atoms with E-state index in [4.69, 9.17) is 4.74 Å². The second-order valence-corrected chi connectivity index (χ2v) is 6.27. The van der Waals surface area contributed by atoms with Gasteiger partial charge < -0.3 is 10.1 Å². The van der Waals surface area contributed by atoms with Crippen molar-refractivity contribution in [2.75, 3.05) is 13.7 Å². The predicted molar refractivity (Wildman–Crippen MR) is 74.2 cm³/mol. The third-order valence-corrected chi connectivity index (χ3v) is 5.03. The van der Waals surface area contributed by atoms with Crippen molar-refractivity contribution in [3.05, 3.63) is 29.3 Å². The van der Waals surface area contributed by atoms with Crippen molar-refractivity contribution in [1.29, 1.82) is 0 Å². The van der Waals surface area contributed by atoms with Crippen molar-refractivity contribution >= 4 is 0 Å². The summed E-state index contributed by atoms with van der Waals surface area (Å²) in [7, 11) is 1.75. The van der Waals surface area contributed by atoms with Crippen LogP contribution < -0.4 is 10.1 Å². The Balaban J connectivity index is 1.95. The maximum Gasteiger partial charge on any atom is 0.119 e. The van der Waals surface area contributed by atoms with Crippen LogP contribution in [0.1, 0.15) is 37.8 Å². The Morgan fingerprint density at radius 3 is 2.83 bits per heavy atom. The molecule has 0 saturated heterocycles. The molecule has 18 heavy (non-hydrogen) atoms. The molecule has 1 N–H and O–H groups in total. The van der Waals surface area contributed by atoms with Gasteiger partial charge >= 0.3 is 0 Å². The zero-order valence-corrected chi connectivity index (χ0v) is 11.8. The highest BCUT2D eigenvalue weighted by Gasteiger charge is 2.59. The molecule has 0 bridgehead atoms. The fourth-order valence-corrected chi connectivity index (χ4v) is 4.30. The van der Waals surface area contributed by atoms with Gasteiger partial charge in [-0.2, -0.15) is 0 Å². The zero-order valence-electron chi connectivity index (χ0n) is 11.8. The van der Waals surface area contributed by atoms with Crippen LogP contribution in [-0.2, 0) is 6.42 Å². The van der Waals surface area contributed by atoms with Crippen molar-refractivity contribution in [2.45, 2.75) is 39.2 Å². The molecule has 1 aromatic rings. The van der Waals surface area contributed by atoms with Crippen molar-refractivity contribution in [1.82, 2.24) is 5.32 Å². The van der Waals surface area contributed by atoms with Crippen LogP contribution in [0.15, 0.2) is 18.2 Å². The molecule has 3 rings (SSSR count). The summed E-state index contributed by atoms with van der Waals surface area (Å²) in [6.07, 6.45) is 1.23. The monoisotopic (exact) mass is 245 g/mol. The number of hydrogen-bond donors (Lipinski definition) is 1.